The second-order valence-corrected chi connectivity index (χ2v) is 9.81. The maximum Gasteiger partial charge on any atom is 0.254 e. The number of furan rings is 1. The molecular weight excluding hydrogens is 427 g/mol. The van der Waals surface area contributed by atoms with E-state index >= 15 is 0 Å². The number of amides is 1. The van der Waals surface area contributed by atoms with Gasteiger partial charge in [0.1, 0.15) is 11.6 Å². The number of carbonyl (C=O) groups is 1. The molecule has 3 aromatic rings. The minimum Gasteiger partial charge on any atom is -0.468 e. The molecule has 2 heterocycles. The van der Waals surface area contributed by atoms with E-state index in [0.29, 0.717) is 6.54 Å². The van der Waals surface area contributed by atoms with Gasteiger partial charge in [0.2, 0.25) is 0 Å². The predicted octanol–water partition coefficient (Wildman–Crippen LogP) is 6.11. The minimum atomic E-state index is -0.203. The van der Waals surface area contributed by atoms with Gasteiger partial charge >= 0.3 is 0 Å². The topological polar surface area (TPSA) is 36.7 Å². The fourth-order valence-corrected chi connectivity index (χ4v) is 5.80. The SMILES string of the molecule is O=C(c1ccccc1)N(C[C@@H]1CN(Cc2ccco2)C[C@H]1c1cccc(F)c1)C1CCCCC1. The summed E-state index contributed by atoms with van der Waals surface area (Å²) in [6.07, 6.45) is 7.42. The van der Waals surface area contributed by atoms with Crippen LogP contribution in [-0.2, 0) is 6.54 Å². The van der Waals surface area contributed by atoms with E-state index < -0.39 is 0 Å². The quantitative estimate of drug-likeness (QED) is 0.427. The van der Waals surface area contributed by atoms with Crippen LogP contribution < -0.4 is 0 Å². The van der Waals surface area contributed by atoms with Gasteiger partial charge < -0.3 is 9.32 Å². The van der Waals surface area contributed by atoms with Gasteiger partial charge in [-0.15, -0.1) is 0 Å². The first-order chi connectivity index (χ1) is 16.7. The Morgan fingerprint density at radius 3 is 2.53 bits per heavy atom. The molecule has 0 unspecified atom stereocenters. The molecule has 0 N–H and O–H groups in total. The summed E-state index contributed by atoms with van der Waals surface area (Å²) in [6.45, 7) is 3.10. The third-order valence-electron chi connectivity index (χ3n) is 7.48. The minimum absolute atomic E-state index is 0.120. The van der Waals surface area contributed by atoms with Crippen LogP contribution in [-0.4, -0.2) is 41.4 Å². The van der Waals surface area contributed by atoms with Crippen LogP contribution in [0.2, 0.25) is 0 Å². The summed E-state index contributed by atoms with van der Waals surface area (Å²) in [5.74, 6) is 1.25. The molecule has 2 aliphatic rings. The number of rotatable bonds is 7. The Balaban J connectivity index is 1.42. The fourth-order valence-electron chi connectivity index (χ4n) is 5.80. The average molecular weight is 461 g/mol. The van der Waals surface area contributed by atoms with Crippen molar-refractivity contribution in [2.45, 2.75) is 50.6 Å². The van der Waals surface area contributed by atoms with Gasteiger partial charge in [-0.3, -0.25) is 9.69 Å². The van der Waals surface area contributed by atoms with E-state index in [1.54, 1.807) is 18.4 Å². The Kier molecular flexibility index (Phi) is 7.10. The fraction of sp³-hybridized carbons (Fsp3) is 0.414. The summed E-state index contributed by atoms with van der Waals surface area (Å²) in [6, 6.07) is 20.8. The van der Waals surface area contributed by atoms with E-state index in [0.717, 1.165) is 49.4 Å². The van der Waals surface area contributed by atoms with Crippen molar-refractivity contribution in [2.75, 3.05) is 19.6 Å². The largest absolute Gasteiger partial charge is 0.468 e. The lowest BCUT2D eigenvalue weighted by Gasteiger charge is -2.37. The van der Waals surface area contributed by atoms with Crippen molar-refractivity contribution >= 4 is 5.91 Å². The van der Waals surface area contributed by atoms with Crippen LogP contribution in [0.4, 0.5) is 4.39 Å². The molecule has 2 atom stereocenters. The van der Waals surface area contributed by atoms with Gasteiger partial charge in [0.15, 0.2) is 0 Å². The van der Waals surface area contributed by atoms with E-state index in [1.165, 1.54) is 25.3 Å². The Hall–Kier alpha value is -2.92. The maximum absolute atomic E-state index is 14.2. The molecule has 0 bridgehead atoms. The lowest BCUT2D eigenvalue weighted by molar-refractivity contribution is 0.0587. The molecule has 0 spiro atoms. The molecule has 178 valence electrons. The summed E-state index contributed by atoms with van der Waals surface area (Å²) in [7, 11) is 0. The average Bonchev–Trinajstić information content (AvgIpc) is 3.53. The highest BCUT2D eigenvalue weighted by atomic mass is 19.1. The number of benzene rings is 2. The van der Waals surface area contributed by atoms with Crippen molar-refractivity contribution in [1.29, 1.82) is 0 Å². The highest BCUT2D eigenvalue weighted by Gasteiger charge is 2.38. The van der Waals surface area contributed by atoms with Crippen molar-refractivity contribution in [1.82, 2.24) is 9.80 Å². The summed E-state index contributed by atoms with van der Waals surface area (Å²) >= 11 is 0. The molecule has 1 saturated heterocycles. The third kappa shape index (κ3) is 5.25. The summed E-state index contributed by atoms with van der Waals surface area (Å²) < 4.78 is 19.8. The molecule has 4 nitrogen and oxygen atoms in total. The first-order valence-corrected chi connectivity index (χ1v) is 12.5. The van der Waals surface area contributed by atoms with Crippen molar-refractivity contribution in [2.24, 2.45) is 5.92 Å². The van der Waals surface area contributed by atoms with E-state index in [2.05, 4.69) is 9.80 Å². The van der Waals surface area contributed by atoms with Crippen molar-refractivity contribution in [3.63, 3.8) is 0 Å². The van der Waals surface area contributed by atoms with Crippen LogP contribution in [0.15, 0.2) is 77.4 Å². The van der Waals surface area contributed by atoms with Crippen LogP contribution in [0, 0.1) is 11.7 Å². The Labute approximate surface area is 201 Å². The summed E-state index contributed by atoms with van der Waals surface area (Å²) in [4.78, 5) is 18.2. The van der Waals surface area contributed by atoms with Gasteiger partial charge in [-0.05, 0) is 60.7 Å². The zero-order valence-corrected chi connectivity index (χ0v) is 19.6. The van der Waals surface area contributed by atoms with E-state index in [9.17, 15) is 9.18 Å². The molecule has 1 aliphatic heterocycles. The number of likely N-dealkylation sites (tertiary alicyclic amines) is 1. The van der Waals surface area contributed by atoms with Gasteiger partial charge in [0, 0.05) is 37.2 Å². The van der Waals surface area contributed by atoms with Crippen molar-refractivity contribution in [3.8, 4) is 0 Å². The second kappa shape index (κ2) is 10.6. The first-order valence-electron chi connectivity index (χ1n) is 12.5. The van der Waals surface area contributed by atoms with Gasteiger partial charge in [-0.1, -0.05) is 49.6 Å². The number of halogens is 1. The molecule has 34 heavy (non-hydrogen) atoms. The van der Waals surface area contributed by atoms with Crippen molar-refractivity contribution in [3.05, 3.63) is 95.7 Å². The lowest BCUT2D eigenvalue weighted by Crippen LogP contribution is -2.45. The van der Waals surface area contributed by atoms with Crippen LogP contribution >= 0.6 is 0 Å². The first kappa shape index (κ1) is 22.9. The highest BCUT2D eigenvalue weighted by molar-refractivity contribution is 5.94. The molecule has 0 radical (unpaired) electrons. The number of hydrogen-bond acceptors (Lipinski definition) is 3. The molecule has 1 saturated carbocycles. The summed E-state index contributed by atoms with van der Waals surface area (Å²) in [5, 5.41) is 0. The van der Waals surface area contributed by atoms with Crippen molar-refractivity contribution < 1.29 is 13.6 Å². The lowest BCUT2D eigenvalue weighted by atomic mass is 9.86. The number of hydrogen-bond donors (Lipinski definition) is 0. The molecule has 2 fully saturated rings. The Morgan fingerprint density at radius 2 is 1.79 bits per heavy atom. The van der Waals surface area contributed by atoms with Gasteiger partial charge in [-0.25, -0.2) is 4.39 Å². The van der Waals surface area contributed by atoms with E-state index in [-0.39, 0.29) is 29.6 Å². The van der Waals surface area contributed by atoms with Gasteiger partial charge in [0.25, 0.3) is 5.91 Å². The van der Waals surface area contributed by atoms with Crippen LogP contribution in [0.5, 0.6) is 0 Å². The third-order valence-corrected chi connectivity index (χ3v) is 7.48. The number of nitrogens with zero attached hydrogens (tertiary/aromatic N) is 2. The molecule has 5 heteroatoms. The van der Waals surface area contributed by atoms with Gasteiger partial charge in [0.05, 0.1) is 12.8 Å². The predicted molar refractivity (Wildman–Crippen MR) is 131 cm³/mol. The van der Waals surface area contributed by atoms with Gasteiger partial charge in [-0.2, -0.15) is 0 Å². The smallest absolute Gasteiger partial charge is 0.254 e. The monoisotopic (exact) mass is 460 g/mol. The zero-order chi connectivity index (χ0) is 23.3. The van der Waals surface area contributed by atoms with Crippen LogP contribution in [0.3, 0.4) is 0 Å². The molecule has 1 aliphatic carbocycles. The molecule has 2 aromatic carbocycles. The maximum atomic E-state index is 14.2. The number of carbonyl (C=O) groups excluding carboxylic acids is 1. The zero-order valence-electron chi connectivity index (χ0n) is 19.6. The normalized spacial score (nSPS) is 21.6. The molecule has 5 rings (SSSR count). The second-order valence-electron chi connectivity index (χ2n) is 9.81. The van der Waals surface area contributed by atoms with Crippen LogP contribution in [0.25, 0.3) is 0 Å². The molecule has 1 amide bonds. The standard InChI is InChI=1S/C29H33FN2O2/c30-25-12-7-11-23(17-25)28-21-31(20-27-15-8-16-34-27)18-24(28)19-32(26-13-5-2-6-14-26)29(33)22-9-3-1-4-10-22/h1,3-4,7-12,15-17,24,26,28H,2,5-6,13-14,18-21H2/t24-,28-/m0/s1. The highest BCUT2D eigenvalue weighted by Crippen LogP contribution is 2.36. The van der Waals surface area contributed by atoms with Crippen LogP contribution in [0.1, 0.15) is 59.7 Å². The molecular formula is C29H33FN2O2. The Bertz CT molecular complexity index is 1060. The Morgan fingerprint density at radius 1 is 0.971 bits per heavy atom. The van der Waals surface area contributed by atoms with E-state index in [1.807, 2.05) is 48.5 Å². The molecule has 1 aromatic heterocycles. The van der Waals surface area contributed by atoms with E-state index in [4.69, 9.17) is 4.42 Å². The summed E-state index contributed by atoms with van der Waals surface area (Å²) in [5.41, 5.74) is 1.77.